The van der Waals surface area contributed by atoms with E-state index in [1.165, 1.54) is 35.2 Å². The predicted molar refractivity (Wildman–Crippen MR) is 83.9 cm³/mol. The van der Waals surface area contributed by atoms with E-state index in [-0.39, 0.29) is 24.8 Å². The largest absolute Gasteiger partial charge is 0.463 e. The Morgan fingerprint density at radius 1 is 1.48 bits per heavy atom. The van der Waals surface area contributed by atoms with E-state index >= 15 is 0 Å². The van der Waals surface area contributed by atoms with Crippen molar-refractivity contribution in [2.45, 2.75) is 6.92 Å². The van der Waals surface area contributed by atoms with Gasteiger partial charge in [-0.25, -0.2) is 9.18 Å². The molecule has 1 aliphatic rings. The van der Waals surface area contributed by atoms with Gasteiger partial charge in [0, 0.05) is 5.69 Å². The highest BCUT2D eigenvalue weighted by Gasteiger charge is 2.29. The SMILES string of the molecule is CCOC(=O)C=C1SCC(=O)N1CC(=O)Nc1cccc(F)c1. The van der Waals surface area contributed by atoms with Gasteiger partial charge in [-0.2, -0.15) is 0 Å². The molecule has 0 saturated carbocycles. The van der Waals surface area contributed by atoms with Crippen LogP contribution in [0, 0.1) is 5.82 Å². The Labute approximate surface area is 136 Å². The van der Waals surface area contributed by atoms with Crippen molar-refractivity contribution >= 4 is 35.2 Å². The van der Waals surface area contributed by atoms with Crippen molar-refractivity contribution in [1.82, 2.24) is 4.90 Å². The zero-order chi connectivity index (χ0) is 16.8. The maximum Gasteiger partial charge on any atom is 0.333 e. The lowest BCUT2D eigenvalue weighted by Gasteiger charge is -2.16. The molecule has 0 atom stereocenters. The number of esters is 1. The highest BCUT2D eigenvalue weighted by molar-refractivity contribution is 8.04. The van der Waals surface area contributed by atoms with Crippen molar-refractivity contribution in [3.63, 3.8) is 0 Å². The Morgan fingerprint density at radius 3 is 2.96 bits per heavy atom. The quantitative estimate of drug-likeness (QED) is 0.654. The topological polar surface area (TPSA) is 75.7 Å². The lowest BCUT2D eigenvalue weighted by Crippen LogP contribution is -2.34. The summed E-state index contributed by atoms with van der Waals surface area (Å²) in [6, 6.07) is 5.44. The third kappa shape index (κ3) is 4.82. The van der Waals surface area contributed by atoms with Gasteiger partial charge in [0.1, 0.15) is 12.4 Å². The lowest BCUT2D eigenvalue weighted by molar-refractivity contribution is -0.137. The minimum atomic E-state index is -0.569. The summed E-state index contributed by atoms with van der Waals surface area (Å²) < 4.78 is 17.9. The molecule has 0 bridgehead atoms. The van der Waals surface area contributed by atoms with E-state index < -0.39 is 17.7 Å². The third-order valence-electron chi connectivity index (χ3n) is 2.85. The summed E-state index contributed by atoms with van der Waals surface area (Å²) in [5, 5.41) is 2.87. The first-order valence-electron chi connectivity index (χ1n) is 6.86. The van der Waals surface area contributed by atoms with Crippen LogP contribution < -0.4 is 5.32 Å². The van der Waals surface area contributed by atoms with Gasteiger partial charge in [-0.05, 0) is 25.1 Å². The number of nitrogens with zero attached hydrogens (tertiary/aromatic N) is 1. The molecule has 0 unspecified atom stereocenters. The van der Waals surface area contributed by atoms with Crippen molar-refractivity contribution in [3.05, 3.63) is 41.2 Å². The van der Waals surface area contributed by atoms with E-state index in [0.29, 0.717) is 10.7 Å². The van der Waals surface area contributed by atoms with Gasteiger partial charge >= 0.3 is 5.97 Å². The second-order valence-corrected chi connectivity index (χ2v) is 5.56. The fraction of sp³-hybridized carbons (Fsp3) is 0.267. The van der Waals surface area contributed by atoms with Crippen molar-refractivity contribution in [1.29, 1.82) is 0 Å². The molecule has 0 spiro atoms. The maximum atomic E-state index is 13.1. The molecule has 6 nitrogen and oxygen atoms in total. The van der Waals surface area contributed by atoms with E-state index in [0.717, 1.165) is 11.8 Å². The number of ether oxygens (including phenoxy) is 1. The van der Waals surface area contributed by atoms with Gasteiger partial charge in [0.2, 0.25) is 11.8 Å². The molecule has 0 aliphatic carbocycles. The number of carbonyl (C=O) groups excluding carboxylic acids is 3. The van der Waals surface area contributed by atoms with Crippen LogP contribution in [0.4, 0.5) is 10.1 Å². The Hall–Kier alpha value is -2.35. The van der Waals surface area contributed by atoms with Crippen LogP contribution in [0.1, 0.15) is 6.92 Å². The second-order valence-electron chi connectivity index (χ2n) is 4.56. The number of thioether (sulfide) groups is 1. The van der Waals surface area contributed by atoms with E-state index in [1.54, 1.807) is 6.92 Å². The first kappa shape index (κ1) is 17.0. The Morgan fingerprint density at radius 2 is 2.26 bits per heavy atom. The molecule has 0 radical (unpaired) electrons. The van der Waals surface area contributed by atoms with Crippen molar-refractivity contribution in [3.8, 4) is 0 Å². The van der Waals surface area contributed by atoms with Crippen molar-refractivity contribution in [2.75, 3.05) is 24.2 Å². The number of amides is 2. The Balaban J connectivity index is 2.02. The smallest absolute Gasteiger partial charge is 0.333 e. The van der Waals surface area contributed by atoms with Gasteiger partial charge in [-0.3, -0.25) is 14.5 Å². The summed E-state index contributed by atoms with van der Waals surface area (Å²) in [6.45, 7) is 1.64. The van der Waals surface area contributed by atoms with Gasteiger partial charge in [-0.15, -0.1) is 0 Å². The molecule has 2 amide bonds. The average Bonchev–Trinajstić information content (AvgIpc) is 2.80. The molecule has 1 aromatic rings. The van der Waals surface area contributed by atoms with Crippen molar-refractivity contribution < 1.29 is 23.5 Å². The number of hydrogen-bond acceptors (Lipinski definition) is 5. The number of halogens is 1. The Bertz CT molecular complexity index is 663. The number of carbonyl (C=O) groups is 3. The van der Waals surface area contributed by atoms with Crippen LogP contribution in [0.3, 0.4) is 0 Å². The summed E-state index contributed by atoms with van der Waals surface area (Å²) in [4.78, 5) is 36.5. The summed E-state index contributed by atoms with van der Waals surface area (Å²) >= 11 is 1.16. The summed E-state index contributed by atoms with van der Waals surface area (Å²) in [6.07, 6.45) is 1.19. The van der Waals surface area contributed by atoms with Gasteiger partial charge in [-0.1, -0.05) is 17.8 Å². The molecule has 122 valence electrons. The van der Waals surface area contributed by atoms with Crippen LogP contribution in [0.25, 0.3) is 0 Å². The van der Waals surface area contributed by atoms with Crippen LogP contribution in [0.15, 0.2) is 35.4 Å². The first-order valence-corrected chi connectivity index (χ1v) is 7.85. The fourth-order valence-corrected chi connectivity index (χ4v) is 2.82. The maximum absolute atomic E-state index is 13.1. The molecule has 1 fully saturated rings. The number of nitrogens with one attached hydrogen (secondary N) is 1. The molecule has 1 aliphatic heterocycles. The zero-order valence-corrected chi connectivity index (χ0v) is 13.2. The molecular formula is C15H15FN2O4S. The van der Waals surface area contributed by atoms with Crippen LogP contribution in [-0.4, -0.2) is 41.6 Å². The molecule has 1 saturated heterocycles. The van der Waals surface area contributed by atoms with Gasteiger partial charge in [0.05, 0.1) is 23.5 Å². The molecule has 0 aromatic heterocycles. The summed E-state index contributed by atoms with van der Waals surface area (Å²) in [5.41, 5.74) is 0.297. The summed E-state index contributed by atoms with van der Waals surface area (Å²) in [7, 11) is 0. The van der Waals surface area contributed by atoms with E-state index in [9.17, 15) is 18.8 Å². The molecule has 23 heavy (non-hydrogen) atoms. The van der Waals surface area contributed by atoms with Gasteiger partial charge < -0.3 is 10.1 Å². The predicted octanol–water partition coefficient (Wildman–Crippen LogP) is 1.74. The minimum absolute atomic E-state index is 0.151. The fourth-order valence-electron chi connectivity index (χ4n) is 1.90. The Kier molecular flexibility index (Phi) is 5.75. The van der Waals surface area contributed by atoms with Gasteiger partial charge in [0.15, 0.2) is 0 Å². The molecule has 1 aromatic carbocycles. The first-order chi connectivity index (χ1) is 11.0. The van der Waals surface area contributed by atoms with E-state index in [4.69, 9.17) is 4.74 Å². The lowest BCUT2D eigenvalue weighted by atomic mass is 10.3. The van der Waals surface area contributed by atoms with Crippen LogP contribution in [0.2, 0.25) is 0 Å². The minimum Gasteiger partial charge on any atom is -0.463 e. The number of anilines is 1. The third-order valence-corrected chi connectivity index (χ3v) is 3.87. The van der Waals surface area contributed by atoms with Gasteiger partial charge in [0.25, 0.3) is 0 Å². The molecular weight excluding hydrogens is 323 g/mol. The molecule has 2 rings (SSSR count). The number of hydrogen-bond donors (Lipinski definition) is 1. The number of benzene rings is 1. The second kappa shape index (κ2) is 7.77. The van der Waals surface area contributed by atoms with E-state index in [1.807, 2.05) is 0 Å². The standard InChI is InChI=1S/C15H15FN2O4S/c1-2-22-15(21)7-14-18(13(20)9-23-14)8-12(19)17-11-5-3-4-10(16)6-11/h3-7H,2,8-9H2,1H3,(H,17,19). The van der Waals surface area contributed by atoms with Crippen molar-refractivity contribution in [2.24, 2.45) is 0 Å². The molecule has 1 heterocycles. The van der Waals surface area contributed by atoms with Crippen LogP contribution >= 0.6 is 11.8 Å². The zero-order valence-electron chi connectivity index (χ0n) is 12.4. The highest BCUT2D eigenvalue weighted by Crippen LogP contribution is 2.28. The van der Waals surface area contributed by atoms with Crippen LogP contribution in [-0.2, 0) is 19.1 Å². The summed E-state index contributed by atoms with van der Waals surface area (Å²) in [5.74, 6) is -1.65. The van der Waals surface area contributed by atoms with Crippen LogP contribution in [0.5, 0.6) is 0 Å². The average molecular weight is 338 g/mol. The number of rotatable bonds is 5. The normalized spacial score (nSPS) is 15.8. The van der Waals surface area contributed by atoms with E-state index in [2.05, 4.69) is 5.32 Å². The molecule has 1 N–H and O–H groups in total. The highest BCUT2D eigenvalue weighted by atomic mass is 32.2. The molecule has 8 heteroatoms. The monoisotopic (exact) mass is 338 g/mol.